The summed E-state index contributed by atoms with van der Waals surface area (Å²) in [6.45, 7) is 2.28. The van der Waals surface area contributed by atoms with Gasteiger partial charge in [-0.1, -0.05) is 18.2 Å². The molecule has 1 aromatic carbocycles. The van der Waals surface area contributed by atoms with Gasteiger partial charge in [-0.15, -0.1) is 0 Å². The quantitative estimate of drug-likeness (QED) is 0.907. The fourth-order valence-corrected chi connectivity index (χ4v) is 4.41. The molecule has 1 unspecified atom stereocenters. The fourth-order valence-electron chi connectivity index (χ4n) is 2.85. The third kappa shape index (κ3) is 2.73. The molecular weight excluding hydrogens is 288 g/mol. The van der Waals surface area contributed by atoms with Crippen LogP contribution in [0.3, 0.4) is 0 Å². The van der Waals surface area contributed by atoms with E-state index in [0.717, 1.165) is 22.3 Å². The predicted molar refractivity (Wildman–Crippen MR) is 83.1 cm³/mol. The molecule has 0 amide bonds. The van der Waals surface area contributed by atoms with E-state index in [0.29, 0.717) is 6.54 Å². The van der Waals surface area contributed by atoms with Crippen molar-refractivity contribution in [1.29, 1.82) is 0 Å². The van der Waals surface area contributed by atoms with Crippen LogP contribution in [0, 0.1) is 0 Å². The highest BCUT2D eigenvalue weighted by Gasteiger charge is 2.29. The maximum absolute atomic E-state index is 11.7. The minimum atomic E-state index is -2.95. The maximum atomic E-state index is 11.7. The minimum absolute atomic E-state index is 0.0590. The molecule has 1 saturated heterocycles. The van der Waals surface area contributed by atoms with Crippen LogP contribution in [0.15, 0.2) is 30.3 Å². The molecule has 0 spiro atoms. The van der Waals surface area contributed by atoms with Crippen LogP contribution >= 0.6 is 0 Å². The molecule has 3 rings (SSSR count). The van der Waals surface area contributed by atoms with Crippen molar-refractivity contribution in [3.63, 3.8) is 0 Å². The average molecular weight is 306 g/mol. The molecule has 1 aromatic heterocycles. The number of hydrogen-bond donors (Lipinski definition) is 1. The lowest BCUT2D eigenvalue weighted by molar-refractivity contribution is 0.283. The number of hydrogen-bond acceptors (Lipinski definition) is 5. The van der Waals surface area contributed by atoms with Crippen molar-refractivity contribution in [2.45, 2.75) is 19.6 Å². The van der Waals surface area contributed by atoms with Crippen molar-refractivity contribution in [3.05, 3.63) is 35.9 Å². The van der Waals surface area contributed by atoms with Crippen molar-refractivity contribution in [2.24, 2.45) is 0 Å². The molecule has 0 radical (unpaired) electrons. The molecule has 21 heavy (non-hydrogen) atoms. The van der Waals surface area contributed by atoms with Crippen LogP contribution in [0.25, 0.3) is 10.9 Å². The molecule has 6 heteroatoms. The summed E-state index contributed by atoms with van der Waals surface area (Å²) in [6.07, 6.45) is 0. The monoisotopic (exact) mass is 306 g/mol. The van der Waals surface area contributed by atoms with Gasteiger partial charge in [-0.25, -0.2) is 13.4 Å². The number of fused-ring (bicyclic) bond motifs is 1. The van der Waals surface area contributed by atoms with Crippen LogP contribution in [-0.4, -0.2) is 42.6 Å². The molecular formula is C15H18N2O3S. The van der Waals surface area contributed by atoms with E-state index in [-0.39, 0.29) is 24.2 Å². The number of rotatable bonds is 2. The van der Waals surface area contributed by atoms with E-state index in [4.69, 9.17) is 0 Å². The number of benzene rings is 1. The first-order chi connectivity index (χ1) is 10.00. The molecule has 0 aliphatic carbocycles. The zero-order chi connectivity index (χ0) is 15.0. The molecule has 112 valence electrons. The van der Waals surface area contributed by atoms with E-state index < -0.39 is 9.84 Å². The van der Waals surface area contributed by atoms with E-state index >= 15 is 0 Å². The maximum Gasteiger partial charge on any atom is 0.154 e. The molecule has 1 fully saturated rings. The lowest BCUT2D eigenvalue weighted by atomic mass is 10.1. The summed E-state index contributed by atoms with van der Waals surface area (Å²) in [5.41, 5.74) is 1.64. The number of aromatic nitrogens is 1. The van der Waals surface area contributed by atoms with E-state index in [1.165, 1.54) is 0 Å². The van der Waals surface area contributed by atoms with Gasteiger partial charge in [0.25, 0.3) is 0 Å². The van der Waals surface area contributed by atoms with Crippen LogP contribution in [-0.2, 0) is 16.4 Å². The zero-order valence-corrected chi connectivity index (χ0v) is 12.7. The molecule has 1 aliphatic rings. The largest absolute Gasteiger partial charge is 0.392 e. The van der Waals surface area contributed by atoms with Crippen molar-refractivity contribution in [3.8, 4) is 0 Å². The van der Waals surface area contributed by atoms with Crippen LogP contribution in [0.2, 0.25) is 0 Å². The number of aliphatic hydroxyl groups is 1. The number of aliphatic hydroxyl groups excluding tert-OH is 1. The Morgan fingerprint density at radius 2 is 2.14 bits per heavy atom. The highest BCUT2D eigenvalue weighted by molar-refractivity contribution is 7.91. The summed E-state index contributed by atoms with van der Waals surface area (Å²) in [6, 6.07) is 9.41. The van der Waals surface area contributed by atoms with Gasteiger partial charge in [-0.2, -0.15) is 0 Å². The standard InChI is InChI=1S/C15H18N2O3S/c1-11-10-21(19,20)7-6-17(11)15-8-12(9-18)13-4-2-3-5-14(13)16-15/h2-5,8,11,18H,6-7,9-10H2,1H3. The van der Waals surface area contributed by atoms with Gasteiger partial charge in [0.2, 0.25) is 0 Å². The van der Waals surface area contributed by atoms with Crippen molar-refractivity contribution >= 4 is 26.6 Å². The van der Waals surface area contributed by atoms with Crippen LogP contribution in [0.4, 0.5) is 5.82 Å². The number of para-hydroxylation sites is 1. The van der Waals surface area contributed by atoms with E-state index in [2.05, 4.69) is 4.98 Å². The van der Waals surface area contributed by atoms with Crippen molar-refractivity contribution in [2.75, 3.05) is 23.0 Å². The van der Waals surface area contributed by atoms with Crippen LogP contribution < -0.4 is 4.90 Å². The second-order valence-electron chi connectivity index (χ2n) is 5.47. The van der Waals surface area contributed by atoms with Crippen LogP contribution in [0.1, 0.15) is 12.5 Å². The Kier molecular flexibility index (Phi) is 3.59. The Balaban J connectivity index is 2.05. The molecule has 2 heterocycles. The summed E-state index contributed by atoms with van der Waals surface area (Å²) in [5.74, 6) is 1.04. The Labute approximate surface area is 124 Å². The van der Waals surface area contributed by atoms with E-state index in [1.807, 2.05) is 42.2 Å². The van der Waals surface area contributed by atoms with Gasteiger partial charge in [-0.05, 0) is 24.6 Å². The molecule has 5 nitrogen and oxygen atoms in total. The summed E-state index contributed by atoms with van der Waals surface area (Å²) in [5, 5.41) is 10.5. The Morgan fingerprint density at radius 1 is 1.38 bits per heavy atom. The van der Waals surface area contributed by atoms with Crippen molar-refractivity contribution in [1.82, 2.24) is 4.98 Å². The Bertz CT molecular complexity index is 774. The molecule has 1 atom stereocenters. The first kappa shape index (κ1) is 14.3. The summed E-state index contributed by atoms with van der Waals surface area (Å²) in [4.78, 5) is 6.63. The summed E-state index contributed by atoms with van der Waals surface area (Å²) in [7, 11) is -2.95. The normalized spacial score (nSPS) is 21.6. The molecule has 2 aromatic rings. The first-order valence-corrected chi connectivity index (χ1v) is 8.79. The first-order valence-electron chi connectivity index (χ1n) is 6.97. The number of nitrogens with zero attached hydrogens (tertiary/aromatic N) is 2. The number of anilines is 1. The van der Waals surface area contributed by atoms with Gasteiger partial charge in [0, 0.05) is 18.0 Å². The van der Waals surface area contributed by atoms with E-state index in [9.17, 15) is 13.5 Å². The number of sulfone groups is 1. The highest BCUT2D eigenvalue weighted by Crippen LogP contribution is 2.26. The topological polar surface area (TPSA) is 70.5 Å². The molecule has 0 bridgehead atoms. The Hall–Kier alpha value is -1.66. The smallest absolute Gasteiger partial charge is 0.154 e. The second kappa shape index (κ2) is 5.27. The fraction of sp³-hybridized carbons (Fsp3) is 0.400. The molecule has 0 saturated carbocycles. The SMILES string of the molecule is CC1CS(=O)(=O)CCN1c1cc(CO)c2ccccc2n1. The minimum Gasteiger partial charge on any atom is -0.392 e. The van der Waals surface area contributed by atoms with Crippen molar-refractivity contribution < 1.29 is 13.5 Å². The van der Waals surface area contributed by atoms with Gasteiger partial charge in [0.05, 0.1) is 23.6 Å². The lowest BCUT2D eigenvalue weighted by Crippen LogP contribution is -2.47. The molecule has 1 aliphatic heterocycles. The van der Waals surface area contributed by atoms with Gasteiger partial charge < -0.3 is 10.0 Å². The average Bonchev–Trinajstić information content (AvgIpc) is 2.45. The lowest BCUT2D eigenvalue weighted by Gasteiger charge is -2.34. The van der Waals surface area contributed by atoms with Gasteiger partial charge in [-0.3, -0.25) is 0 Å². The third-order valence-corrected chi connectivity index (χ3v) is 5.72. The third-order valence-electron chi connectivity index (χ3n) is 3.92. The van der Waals surface area contributed by atoms with Gasteiger partial charge in [0.1, 0.15) is 5.82 Å². The summed E-state index contributed by atoms with van der Waals surface area (Å²) < 4.78 is 23.4. The number of pyridine rings is 1. The molecule has 1 N–H and O–H groups in total. The predicted octanol–water partition coefficient (Wildman–Crippen LogP) is 1.35. The van der Waals surface area contributed by atoms with Gasteiger partial charge in [0.15, 0.2) is 9.84 Å². The zero-order valence-electron chi connectivity index (χ0n) is 11.9. The summed E-state index contributed by atoms with van der Waals surface area (Å²) >= 11 is 0. The van der Waals surface area contributed by atoms with E-state index in [1.54, 1.807) is 0 Å². The second-order valence-corrected chi connectivity index (χ2v) is 7.70. The highest BCUT2D eigenvalue weighted by atomic mass is 32.2. The Morgan fingerprint density at radius 3 is 2.86 bits per heavy atom. The van der Waals surface area contributed by atoms with Crippen LogP contribution in [0.5, 0.6) is 0 Å². The van der Waals surface area contributed by atoms with Gasteiger partial charge >= 0.3 is 0 Å².